The molecule has 0 aliphatic heterocycles. The Kier molecular flexibility index (Phi) is 5.86. The van der Waals surface area contributed by atoms with E-state index in [-0.39, 0.29) is 11.8 Å². The quantitative estimate of drug-likeness (QED) is 0.812. The Balaban J connectivity index is 1.83. The second-order valence-electron chi connectivity index (χ2n) is 4.55. The van der Waals surface area contributed by atoms with Crippen molar-refractivity contribution in [2.45, 2.75) is 11.8 Å². The van der Waals surface area contributed by atoms with Crippen molar-refractivity contribution in [3.8, 4) is 0 Å². The summed E-state index contributed by atoms with van der Waals surface area (Å²) in [5.41, 5.74) is 1.39. The molecule has 2 N–H and O–H groups in total. The Labute approximate surface area is 138 Å². The highest BCUT2D eigenvalue weighted by molar-refractivity contribution is 8.00. The molecule has 2 amide bonds. The Morgan fingerprint density at radius 1 is 0.955 bits per heavy atom. The second kappa shape index (κ2) is 7.87. The summed E-state index contributed by atoms with van der Waals surface area (Å²) < 4.78 is 0. The lowest BCUT2D eigenvalue weighted by Crippen LogP contribution is -2.14. The second-order valence-corrected chi connectivity index (χ2v) is 6.03. The van der Waals surface area contributed by atoms with E-state index in [1.807, 2.05) is 12.1 Å². The summed E-state index contributed by atoms with van der Waals surface area (Å²) in [5.74, 6) is 0.0955. The monoisotopic (exact) mass is 334 g/mol. The highest BCUT2D eigenvalue weighted by Crippen LogP contribution is 2.21. The largest absolute Gasteiger partial charge is 0.326 e. The Hall–Kier alpha value is -1.98. The maximum atomic E-state index is 11.9. The van der Waals surface area contributed by atoms with Crippen LogP contribution in [-0.2, 0) is 9.59 Å². The third kappa shape index (κ3) is 5.42. The SMILES string of the molecule is CC(=O)Nc1ccc(NC(=O)CSc2ccc(Cl)cc2)cc1. The van der Waals surface area contributed by atoms with Crippen LogP contribution in [0.3, 0.4) is 0 Å². The summed E-state index contributed by atoms with van der Waals surface area (Å²) in [4.78, 5) is 23.8. The standard InChI is InChI=1S/C16H15ClN2O2S/c1-11(20)18-13-4-6-14(7-5-13)19-16(21)10-22-15-8-2-12(17)3-9-15/h2-9H,10H2,1H3,(H,18,20)(H,19,21). The van der Waals surface area contributed by atoms with E-state index in [4.69, 9.17) is 11.6 Å². The minimum Gasteiger partial charge on any atom is -0.326 e. The van der Waals surface area contributed by atoms with Gasteiger partial charge in [-0.2, -0.15) is 0 Å². The van der Waals surface area contributed by atoms with Gasteiger partial charge in [0.25, 0.3) is 0 Å². The summed E-state index contributed by atoms with van der Waals surface area (Å²) in [7, 11) is 0. The molecule has 0 heterocycles. The van der Waals surface area contributed by atoms with Gasteiger partial charge < -0.3 is 10.6 Å². The number of thioether (sulfide) groups is 1. The van der Waals surface area contributed by atoms with Crippen molar-refractivity contribution >= 4 is 46.6 Å². The van der Waals surface area contributed by atoms with Gasteiger partial charge in [-0.25, -0.2) is 0 Å². The fourth-order valence-electron chi connectivity index (χ4n) is 1.72. The number of hydrogen-bond acceptors (Lipinski definition) is 3. The van der Waals surface area contributed by atoms with Crippen molar-refractivity contribution in [1.82, 2.24) is 0 Å². The van der Waals surface area contributed by atoms with Crippen LogP contribution in [0.1, 0.15) is 6.92 Å². The number of carbonyl (C=O) groups is 2. The van der Waals surface area contributed by atoms with Gasteiger partial charge in [0.05, 0.1) is 5.75 Å². The molecule has 22 heavy (non-hydrogen) atoms. The van der Waals surface area contributed by atoms with Crippen LogP contribution < -0.4 is 10.6 Å². The van der Waals surface area contributed by atoms with Gasteiger partial charge in [0.15, 0.2) is 0 Å². The molecule has 0 unspecified atom stereocenters. The minimum atomic E-state index is -0.129. The fourth-order valence-corrected chi connectivity index (χ4v) is 2.54. The number of halogens is 1. The van der Waals surface area contributed by atoms with Crippen molar-refractivity contribution in [2.75, 3.05) is 16.4 Å². The first-order valence-electron chi connectivity index (χ1n) is 6.59. The first kappa shape index (κ1) is 16.4. The van der Waals surface area contributed by atoms with E-state index in [0.717, 1.165) is 4.90 Å². The number of carbonyl (C=O) groups excluding carboxylic acids is 2. The number of rotatable bonds is 5. The molecular formula is C16H15ClN2O2S. The topological polar surface area (TPSA) is 58.2 Å². The van der Waals surface area contributed by atoms with Crippen LogP contribution in [0.2, 0.25) is 5.02 Å². The molecule has 0 radical (unpaired) electrons. The Morgan fingerprint density at radius 2 is 1.50 bits per heavy atom. The van der Waals surface area contributed by atoms with Crippen LogP contribution in [0.4, 0.5) is 11.4 Å². The molecule has 6 heteroatoms. The number of benzene rings is 2. The van der Waals surface area contributed by atoms with Crippen molar-refractivity contribution in [3.63, 3.8) is 0 Å². The summed E-state index contributed by atoms with van der Waals surface area (Å²) >= 11 is 7.25. The summed E-state index contributed by atoms with van der Waals surface area (Å²) in [5, 5.41) is 6.15. The highest BCUT2D eigenvalue weighted by Gasteiger charge is 2.04. The Morgan fingerprint density at radius 3 is 2.05 bits per heavy atom. The number of hydrogen-bond donors (Lipinski definition) is 2. The van der Waals surface area contributed by atoms with E-state index in [1.165, 1.54) is 18.7 Å². The number of anilines is 2. The van der Waals surface area contributed by atoms with Crippen molar-refractivity contribution < 1.29 is 9.59 Å². The molecule has 0 spiro atoms. The molecule has 0 saturated carbocycles. The van der Waals surface area contributed by atoms with Gasteiger partial charge in [-0.15, -0.1) is 11.8 Å². The molecule has 0 atom stereocenters. The first-order chi connectivity index (χ1) is 10.5. The zero-order valence-corrected chi connectivity index (χ0v) is 13.5. The fraction of sp³-hybridized carbons (Fsp3) is 0.125. The highest BCUT2D eigenvalue weighted by atomic mass is 35.5. The zero-order chi connectivity index (χ0) is 15.9. The molecule has 0 aromatic heterocycles. The summed E-state index contributed by atoms with van der Waals surface area (Å²) in [6.45, 7) is 1.45. The average molecular weight is 335 g/mol. The third-order valence-corrected chi connectivity index (χ3v) is 3.94. The first-order valence-corrected chi connectivity index (χ1v) is 7.95. The molecule has 0 aliphatic carbocycles. The molecule has 0 aliphatic rings. The van der Waals surface area contributed by atoms with E-state index in [2.05, 4.69) is 10.6 Å². The predicted molar refractivity (Wildman–Crippen MR) is 91.6 cm³/mol. The molecular weight excluding hydrogens is 320 g/mol. The number of nitrogens with one attached hydrogen (secondary N) is 2. The average Bonchev–Trinajstić information content (AvgIpc) is 2.48. The van der Waals surface area contributed by atoms with Crippen LogP contribution in [0.5, 0.6) is 0 Å². The molecule has 2 aromatic carbocycles. The smallest absolute Gasteiger partial charge is 0.234 e. The molecule has 0 bridgehead atoms. The van der Waals surface area contributed by atoms with E-state index in [9.17, 15) is 9.59 Å². The van der Waals surface area contributed by atoms with Gasteiger partial charge in [0.2, 0.25) is 11.8 Å². The predicted octanol–water partition coefficient (Wildman–Crippen LogP) is 4.03. The van der Waals surface area contributed by atoms with Crippen LogP contribution in [-0.4, -0.2) is 17.6 Å². The maximum Gasteiger partial charge on any atom is 0.234 e. The molecule has 0 saturated heterocycles. The third-order valence-electron chi connectivity index (χ3n) is 2.67. The van der Waals surface area contributed by atoms with E-state index in [1.54, 1.807) is 36.4 Å². The normalized spacial score (nSPS) is 10.1. The molecule has 2 aromatic rings. The van der Waals surface area contributed by atoms with E-state index in [0.29, 0.717) is 22.2 Å². The maximum absolute atomic E-state index is 11.9. The van der Waals surface area contributed by atoms with E-state index >= 15 is 0 Å². The van der Waals surface area contributed by atoms with Gasteiger partial charge in [-0.05, 0) is 48.5 Å². The van der Waals surface area contributed by atoms with E-state index < -0.39 is 0 Å². The van der Waals surface area contributed by atoms with Crippen molar-refractivity contribution in [3.05, 3.63) is 53.6 Å². The molecule has 114 valence electrons. The van der Waals surface area contributed by atoms with Crippen molar-refractivity contribution in [2.24, 2.45) is 0 Å². The zero-order valence-electron chi connectivity index (χ0n) is 11.9. The molecule has 4 nitrogen and oxygen atoms in total. The summed E-state index contributed by atoms with van der Waals surface area (Å²) in [6.07, 6.45) is 0. The van der Waals surface area contributed by atoms with Crippen LogP contribution in [0, 0.1) is 0 Å². The Bertz CT molecular complexity index is 657. The van der Waals surface area contributed by atoms with Crippen molar-refractivity contribution in [1.29, 1.82) is 0 Å². The lowest BCUT2D eigenvalue weighted by Gasteiger charge is -2.07. The van der Waals surface area contributed by atoms with Gasteiger partial charge >= 0.3 is 0 Å². The molecule has 2 rings (SSSR count). The van der Waals surface area contributed by atoms with Gasteiger partial charge in [-0.1, -0.05) is 11.6 Å². The summed E-state index contributed by atoms with van der Waals surface area (Å²) in [6, 6.07) is 14.3. The minimum absolute atomic E-state index is 0.0905. The van der Waals surface area contributed by atoms with Gasteiger partial charge in [0.1, 0.15) is 0 Å². The number of amides is 2. The van der Waals surface area contributed by atoms with Gasteiger partial charge in [0, 0.05) is 28.2 Å². The lowest BCUT2D eigenvalue weighted by atomic mass is 10.3. The van der Waals surface area contributed by atoms with Crippen LogP contribution in [0.15, 0.2) is 53.4 Å². The lowest BCUT2D eigenvalue weighted by molar-refractivity contribution is -0.114. The van der Waals surface area contributed by atoms with Gasteiger partial charge in [-0.3, -0.25) is 9.59 Å². The van der Waals surface area contributed by atoms with Crippen LogP contribution >= 0.6 is 23.4 Å². The molecule has 0 fully saturated rings. The van der Waals surface area contributed by atoms with Crippen LogP contribution in [0.25, 0.3) is 0 Å².